The molecule has 110 valence electrons. The van der Waals surface area contributed by atoms with E-state index in [0.29, 0.717) is 5.75 Å². The highest BCUT2D eigenvalue weighted by atomic mass is 19.2. The van der Waals surface area contributed by atoms with Crippen molar-refractivity contribution in [3.8, 4) is 11.5 Å². The normalized spacial score (nSPS) is 10.2. The van der Waals surface area contributed by atoms with E-state index < -0.39 is 17.6 Å². The first-order chi connectivity index (χ1) is 10.0. The molecule has 1 N–H and O–H groups in total. The van der Waals surface area contributed by atoms with Gasteiger partial charge >= 0.3 is 5.97 Å². The summed E-state index contributed by atoms with van der Waals surface area (Å²) in [5.74, 6) is -2.79. The quantitative estimate of drug-likeness (QED) is 0.919. The first kappa shape index (κ1) is 14.8. The van der Waals surface area contributed by atoms with E-state index in [9.17, 15) is 13.6 Å². The highest BCUT2D eigenvalue weighted by molar-refractivity contribution is 5.91. The number of benzene rings is 2. The molecule has 0 unspecified atom stereocenters. The summed E-state index contributed by atoms with van der Waals surface area (Å²) in [6.07, 6.45) is 0. The van der Waals surface area contributed by atoms with Gasteiger partial charge in [0.1, 0.15) is 23.7 Å². The van der Waals surface area contributed by atoms with E-state index in [4.69, 9.17) is 14.6 Å². The van der Waals surface area contributed by atoms with Crippen LogP contribution in [0.2, 0.25) is 0 Å². The van der Waals surface area contributed by atoms with E-state index in [1.165, 1.54) is 37.4 Å². The largest absolute Gasteiger partial charge is 0.497 e. The average Bonchev–Trinajstić information content (AvgIpc) is 2.48. The summed E-state index contributed by atoms with van der Waals surface area (Å²) in [4.78, 5) is 11.2. The zero-order valence-corrected chi connectivity index (χ0v) is 11.1. The monoisotopic (exact) mass is 294 g/mol. The van der Waals surface area contributed by atoms with Gasteiger partial charge in [0, 0.05) is 5.56 Å². The van der Waals surface area contributed by atoms with Crippen LogP contribution in [0.3, 0.4) is 0 Å². The van der Waals surface area contributed by atoms with Crippen LogP contribution in [-0.2, 0) is 6.61 Å². The van der Waals surface area contributed by atoms with Gasteiger partial charge in [-0.1, -0.05) is 12.1 Å². The Morgan fingerprint density at radius 3 is 2.67 bits per heavy atom. The summed E-state index contributed by atoms with van der Waals surface area (Å²) < 4.78 is 36.8. The smallest absolute Gasteiger partial charge is 0.339 e. The number of carboxylic acids is 1. The Morgan fingerprint density at radius 2 is 2.00 bits per heavy atom. The molecule has 0 radical (unpaired) electrons. The Labute approximate surface area is 119 Å². The zero-order valence-electron chi connectivity index (χ0n) is 11.1. The van der Waals surface area contributed by atoms with Crippen LogP contribution in [0, 0.1) is 11.6 Å². The van der Waals surface area contributed by atoms with Gasteiger partial charge < -0.3 is 14.6 Å². The SMILES string of the molecule is COc1ccc(OCc2cccc(F)c2F)c(C(=O)O)c1. The van der Waals surface area contributed by atoms with Crippen LogP contribution in [-0.4, -0.2) is 18.2 Å². The molecule has 21 heavy (non-hydrogen) atoms. The number of aromatic carboxylic acids is 1. The van der Waals surface area contributed by atoms with Crippen molar-refractivity contribution in [3.63, 3.8) is 0 Å². The van der Waals surface area contributed by atoms with Crippen molar-refractivity contribution in [2.75, 3.05) is 7.11 Å². The number of ether oxygens (including phenoxy) is 2. The van der Waals surface area contributed by atoms with Crippen molar-refractivity contribution in [1.29, 1.82) is 0 Å². The molecule has 2 rings (SSSR count). The van der Waals surface area contributed by atoms with Gasteiger partial charge in [-0.3, -0.25) is 0 Å². The molecule has 0 saturated carbocycles. The minimum Gasteiger partial charge on any atom is -0.497 e. The first-order valence-electron chi connectivity index (χ1n) is 6.00. The van der Waals surface area contributed by atoms with Crippen LogP contribution in [0.4, 0.5) is 8.78 Å². The summed E-state index contributed by atoms with van der Waals surface area (Å²) in [5, 5.41) is 9.11. The van der Waals surface area contributed by atoms with E-state index in [0.717, 1.165) is 6.07 Å². The lowest BCUT2D eigenvalue weighted by molar-refractivity contribution is 0.0691. The molecule has 2 aromatic carbocycles. The predicted molar refractivity (Wildman–Crippen MR) is 70.6 cm³/mol. The molecule has 0 aliphatic heterocycles. The standard InChI is InChI=1S/C15H12F2O4/c1-20-10-5-6-13(11(7-10)15(18)19)21-8-9-3-2-4-12(16)14(9)17/h2-7H,8H2,1H3,(H,18,19). The fourth-order valence-electron chi connectivity index (χ4n) is 1.74. The Hall–Kier alpha value is -2.63. The maximum Gasteiger partial charge on any atom is 0.339 e. The fraction of sp³-hybridized carbons (Fsp3) is 0.133. The Kier molecular flexibility index (Phi) is 4.37. The van der Waals surface area contributed by atoms with Crippen LogP contribution in [0.15, 0.2) is 36.4 Å². The maximum absolute atomic E-state index is 13.5. The van der Waals surface area contributed by atoms with Gasteiger partial charge in [-0.05, 0) is 24.3 Å². The molecule has 0 aliphatic rings. The lowest BCUT2D eigenvalue weighted by Gasteiger charge is -2.11. The molecule has 0 bridgehead atoms. The van der Waals surface area contributed by atoms with E-state index in [-0.39, 0.29) is 23.5 Å². The first-order valence-corrected chi connectivity index (χ1v) is 6.00. The Morgan fingerprint density at radius 1 is 1.24 bits per heavy atom. The number of carboxylic acid groups (broad SMARTS) is 1. The van der Waals surface area contributed by atoms with Crippen LogP contribution in [0.1, 0.15) is 15.9 Å². The second-order valence-corrected chi connectivity index (χ2v) is 4.17. The highest BCUT2D eigenvalue weighted by Gasteiger charge is 2.14. The minimum absolute atomic E-state index is 0.00200. The number of hydrogen-bond acceptors (Lipinski definition) is 3. The molecular weight excluding hydrogens is 282 g/mol. The van der Waals surface area contributed by atoms with Crippen LogP contribution < -0.4 is 9.47 Å². The minimum atomic E-state index is -1.20. The van der Waals surface area contributed by atoms with Crippen molar-refractivity contribution < 1.29 is 28.2 Å². The molecular formula is C15H12F2O4. The van der Waals surface area contributed by atoms with Crippen molar-refractivity contribution >= 4 is 5.97 Å². The molecule has 0 atom stereocenters. The molecule has 0 heterocycles. The van der Waals surface area contributed by atoms with Crippen molar-refractivity contribution in [2.24, 2.45) is 0 Å². The second kappa shape index (κ2) is 6.21. The van der Waals surface area contributed by atoms with Gasteiger partial charge in [0.05, 0.1) is 7.11 Å². The van der Waals surface area contributed by atoms with Crippen molar-refractivity contribution in [1.82, 2.24) is 0 Å². The highest BCUT2D eigenvalue weighted by Crippen LogP contribution is 2.25. The average molecular weight is 294 g/mol. The molecule has 0 amide bonds. The third-order valence-electron chi connectivity index (χ3n) is 2.83. The van der Waals surface area contributed by atoms with Crippen LogP contribution in [0.5, 0.6) is 11.5 Å². The van der Waals surface area contributed by atoms with Gasteiger partial charge in [0.2, 0.25) is 0 Å². The summed E-state index contributed by atoms with van der Waals surface area (Å²) in [6.45, 7) is -0.282. The molecule has 6 heteroatoms. The Balaban J connectivity index is 2.23. The molecule has 0 fully saturated rings. The topological polar surface area (TPSA) is 55.8 Å². The number of methoxy groups -OCH3 is 1. The summed E-state index contributed by atoms with van der Waals surface area (Å²) in [7, 11) is 1.41. The lowest BCUT2D eigenvalue weighted by atomic mass is 10.2. The van der Waals surface area contributed by atoms with Gasteiger partial charge in [0.15, 0.2) is 11.6 Å². The summed E-state index contributed by atoms with van der Waals surface area (Å²) in [6, 6.07) is 7.92. The van der Waals surface area contributed by atoms with Gasteiger partial charge in [0.25, 0.3) is 0 Å². The van der Waals surface area contributed by atoms with Crippen LogP contribution in [0.25, 0.3) is 0 Å². The molecule has 0 aromatic heterocycles. The second-order valence-electron chi connectivity index (χ2n) is 4.17. The molecule has 4 nitrogen and oxygen atoms in total. The molecule has 0 spiro atoms. The van der Waals surface area contributed by atoms with Gasteiger partial charge in [-0.2, -0.15) is 0 Å². The predicted octanol–water partition coefficient (Wildman–Crippen LogP) is 3.25. The van der Waals surface area contributed by atoms with Crippen molar-refractivity contribution in [2.45, 2.75) is 6.61 Å². The number of halogens is 2. The maximum atomic E-state index is 13.5. The van der Waals surface area contributed by atoms with E-state index in [1.807, 2.05) is 0 Å². The third-order valence-corrected chi connectivity index (χ3v) is 2.83. The number of rotatable bonds is 5. The van der Waals surface area contributed by atoms with Crippen LogP contribution >= 0.6 is 0 Å². The number of carbonyl (C=O) groups is 1. The van der Waals surface area contributed by atoms with E-state index in [2.05, 4.69) is 0 Å². The van der Waals surface area contributed by atoms with Gasteiger partial charge in [-0.15, -0.1) is 0 Å². The molecule has 2 aromatic rings. The molecule has 0 saturated heterocycles. The fourth-order valence-corrected chi connectivity index (χ4v) is 1.74. The van der Waals surface area contributed by atoms with E-state index >= 15 is 0 Å². The lowest BCUT2D eigenvalue weighted by Crippen LogP contribution is -2.05. The van der Waals surface area contributed by atoms with E-state index in [1.54, 1.807) is 0 Å². The summed E-state index contributed by atoms with van der Waals surface area (Å²) >= 11 is 0. The molecule has 0 aliphatic carbocycles. The van der Waals surface area contributed by atoms with Crippen molar-refractivity contribution in [3.05, 3.63) is 59.2 Å². The summed E-state index contributed by atoms with van der Waals surface area (Å²) in [5.41, 5.74) is -0.117. The Bertz CT molecular complexity index is 671. The zero-order chi connectivity index (χ0) is 15.4. The van der Waals surface area contributed by atoms with Gasteiger partial charge in [-0.25, -0.2) is 13.6 Å². The third kappa shape index (κ3) is 3.28. The number of hydrogen-bond donors (Lipinski definition) is 1.